The molecule has 8 heteroatoms. The summed E-state index contributed by atoms with van der Waals surface area (Å²) in [7, 11) is 1.96. The smallest absolute Gasteiger partial charge is 0.160 e. The Morgan fingerprint density at radius 2 is 1.55 bits per heavy atom. The van der Waals surface area contributed by atoms with Crippen LogP contribution >= 0.6 is 11.6 Å². The van der Waals surface area contributed by atoms with Crippen LogP contribution in [0, 0.1) is 0 Å². The normalized spacial score (nSPS) is 10.1. The van der Waals surface area contributed by atoms with E-state index in [1.165, 1.54) is 6.33 Å². The van der Waals surface area contributed by atoms with Crippen LogP contribution in [0.2, 0.25) is 5.15 Å². The molecule has 0 aliphatic rings. The molecule has 0 fully saturated rings. The van der Waals surface area contributed by atoms with E-state index in [9.17, 15) is 0 Å². The largest absolute Gasteiger partial charge is 0.457 e. The Kier molecular flexibility index (Phi) is 8.16. The summed E-state index contributed by atoms with van der Waals surface area (Å²) in [5.41, 5.74) is 4.13. The standard InChI is InChI=1S/C21H15ClN6O.2C2H6/c1-28-12-25-17-10-15(6-8-18(17)28)29-14-4-2-13(3-5-14)26-21-20-16(23-11-24-21)7-9-19(22)27-20;2*1-2/h2-12H,1H3,(H,23,24,26);2*1-2H3. The minimum Gasteiger partial charge on any atom is -0.457 e. The van der Waals surface area contributed by atoms with Gasteiger partial charge in [0.1, 0.15) is 28.5 Å². The Hall–Kier alpha value is -3.71. The third-order valence-electron chi connectivity index (χ3n) is 4.50. The van der Waals surface area contributed by atoms with Gasteiger partial charge in [-0.2, -0.15) is 0 Å². The van der Waals surface area contributed by atoms with Crippen LogP contribution < -0.4 is 10.1 Å². The van der Waals surface area contributed by atoms with Crippen LogP contribution in [0.3, 0.4) is 0 Å². The molecule has 0 aliphatic carbocycles. The maximum atomic E-state index is 6.01. The number of rotatable bonds is 4. The molecule has 0 radical (unpaired) electrons. The number of aromatic nitrogens is 5. The molecule has 0 aliphatic heterocycles. The van der Waals surface area contributed by atoms with Crippen molar-refractivity contribution < 1.29 is 4.74 Å². The van der Waals surface area contributed by atoms with Crippen LogP contribution in [0.25, 0.3) is 22.1 Å². The fourth-order valence-electron chi connectivity index (χ4n) is 3.07. The number of nitrogens with zero attached hydrogens (tertiary/aromatic N) is 5. The summed E-state index contributed by atoms with van der Waals surface area (Å²) in [5, 5.41) is 3.64. The molecule has 5 aromatic rings. The molecule has 2 aromatic carbocycles. The maximum absolute atomic E-state index is 6.01. The van der Waals surface area contributed by atoms with Crippen LogP contribution in [0.1, 0.15) is 27.7 Å². The Bertz CT molecular complexity index is 1330. The van der Waals surface area contributed by atoms with Crippen molar-refractivity contribution in [2.45, 2.75) is 27.7 Å². The van der Waals surface area contributed by atoms with Crippen molar-refractivity contribution in [3.63, 3.8) is 0 Å². The lowest BCUT2D eigenvalue weighted by Gasteiger charge is -2.10. The topological polar surface area (TPSA) is 77.8 Å². The first-order valence-corrected chi connectivity index (χ1v) is 11.3. The highest BCUT2D eigenvalue weighted by Gasteiger charge is 2.07. The highest BCUT2D eigenvalue weighted by molar-refractivity contribution is 6.29. The average Bonchev–Trinajstić information content (AvgIpc) is 3.23. The monoisotopic (exact) mass is 462 g/mol. The molecule has 0 bridgehead atoms. The summed E-state index contributed by atoms with van der Waals surface area (Å²) in [6, 6.07) is 16.9. The Balaban J connectivity index is 0.000000728. The molecule has 3 aromatic heterocycles. The molecule has 0 saturated heterocycles. The van der Waals surface area contributed by atoms with E-state index >= 15 is 0 Å². The number of imidazole rings is 1. The molecule has 0 atom stereocenters. The third kappa shape index (κ3) is 5.56. The second-order valence-corrected chi connectivity index (χ2v) is 6.87. The lowest BCUT2D eigenvalue weighted by Crippen LogP contribution is -1.97. The number of pyridine rings is 1. The zero-order valence-corrected chi connectivity index (χ0v) is 20.1. The number of hydrogen-bond acceptors (Lipinski definition) is 6. The molecular weight excluding hydrogens is 436 g/mol. The highest BCUT2D eigenvalue weighted by Crippen LogP contribution is 2.28. The highest BCUT2D eigenvalue weighted by atomic mass is 35.5. The number of halogens is 1. The number of hydrogen-bond donors (Lipinski definition) is 1. The first-order chi connectivity index (χ1) is 16.2. The second-order valence-electron chi connectivity index (χ2n) is 6.48. The van der Waals surface area contributed by atoms with Crippen LogP contribution in [0.15, 0.2) is 67.3 Å². The van der Waals surface area contributed by atoms with E-state index < -0.39 is 0 Å². The lowest BCUT2D eigenvalue weighted by molar-refractivity contribution is 0.483. The molecule has 0 amide bonds. The van der Waals surface area contributed by atoms with Gasteiger partial charge in [0, 0.05) is 18.8 Å². The van der Waals surface area contributed by atoms with Crippen molar-refractivity contribution in [2.75, 3.05) is 5.32 Å². The van der Waals surface area contributed by atoms with Gasteiger partial charge in [-0.15, -0.1) is 0 Å². The van der Waals surface area contributed by atoms with Crippen molar-refractivity contribution in [1.82, 2.24) is 24.5 Å². The molecular formula is C25H27ClN6O. The molecule has 0 unspecified atom stereocenters. The fourth-order valence-corrected chi connectivity index (χ4v) is 3.21. The third-order valence-corrected chi connectivity index (χ3v) is 4.71. The molecule has 33 heavy (non-hydrogen) atoms. The first kappa shape index (κ1) is 23.9. The van der Waals surface area contributed by atoms with Crippen molar-refractivity contribution in [2.24, 2.45) is 7.05 Å². The van der Waals surface area contributed by atoms with Gasteiger partial charge in [-0.1, -0.05) is 39.3 Å². The molecule has 7 nitrogen and oxygen atoms in total. The van der Waals surface area contributed by atoms with Gasteiger partial charge in [-0.25, -0.2) is 19.9 Å². The Morgan fingerprint density at radius 3 is 2.30 bits per heavy atom. The van der Waals surface area contributed by atoms with Gasteiger partial charge in [0.2, 0.25) is 0 Å². The van der Waals surface area contributed by atoms with E-state index in [4.69, 9.17) is 16.3 Å². The summed E-state index contributed by atoms with van der Waals surface area (Å²) in [5.74, 6) is 2.05. The molecule has 0 saturated carbocycles. The number of fused-ring (bicyclic) bond motifs is 2. The van der Waals surface area contributed by atoms with Crippen molar-refractivity contribution in [3.05, 3.63) is 72.4 Å². The minimum absolute atomic E-state index is 0.393. The SMILES string of the molecule is CC.CC.Cn1cnc2cc(Oc3ccc(Nc4ncnc5ccc(Cl)nc45)cc3)ccc21. The van der Waals surface area contributed by atoms with E-state index in [1.54, 1.807) is 12.4 Å². The fraction of sp³-hybridized carbons (Fsp3) is 0.200. The number of benzene rings is 2. The molecule has 5 rings (SSSR count). The Labute approximate surface area is 198 Å². The van der Waals surface area contributed by atoms with Gasteiger partial charge in [0.15, 0.2) is 5.82 Å². The van der Waals surface area contributed by atoms with Crippen LogP contribution in [-0.2, 0) is 7.05 Å². The lowest BCUT2D eigenvalue weighted by atomic mass is 10.2. The molecule has 1 N–H and O–H groups in total. The Morgan fingerprint density at radius 1 is 0.818 bits per heavy atom. The molecule has 0 spiro atoms. The quantitative estimate of drug-likeness (QED) is 0.285. The van der Waals surface area contributed by atoms with E-state index in [1.807, 2.05) is 87.8 Å². The van der Waals surface area contributed by atoms with Gasteiger partial charge >= 0.3 is 0 Å². The van der Waals surface area contributed by atoms with Crippen molar-refractivity contribution in [1.29, 1.82) is 0 Å². The zero-order valence-electron chi connectivity index (χ0n) is 19.4. The molecule has 170 valence electrons. The van der Waals surface area contributed by atoms with Gasteiger partial charge in [0.05, 0.1) is 22.9 Å². The van der Waals surface area contributed by atoms with E-state index in [0.29, 0.717) is 16.5 Å². The van der Waals surface area contributed by atoms with Crippen molar-refractivity contribution in [3.8, 4) is 11.5 Å². The number of aryl methyl sites for hydroxylation is 1. The van der Waals surface area contributed by atoms with Gasteiger partial charge < -0.3 is 14.6 Å². The summed E-state index contributed by atoms with van der Waals surface area (Å²) < 4.78 is 7.93. The summed E-state index contributed by atoms with van der Waals surface area (Å²) in [6.07, 6.45) is 3.28. The van der Waals surface area contributed by atoms with Crippen LogP contribution in [-0.4, -0.2) is 24.5 Å². The van der Waals surface area contributed by atoms with Gasteiger partial charge in [0.25, 0.3) is 0 Å². The predicted octanol–water partition coefficient (Wildman–Crippen LogP) is 7.15. The van der Waals surface area contributed by atoms with Crippen LogP contribution in [0.5, 0.6) is 11.5 Å². The average molecular weight is 463 g/mol. The summed E-state index contributed by atoms with van der Waals surface area (Å²) >= 11 is 6.01. The predicted molar refractivity (Wildman–Crippen MR) is 136 cm³/mol. The van der Waals surface area contributed by atoms with Crippen molar-refractivity contribution >= 4 is 45.2 Å². The molecule has 3 heterocycles. The number of ether oxygens (including phenoxy) is 1. The van der Waals surface area contributed by atoms with E-state index in [-0.39, 0.29) is 0 Å². The van der Waals surface area contributed by atoms with Gasteiger partial charge in [-0.05, 0) is 48.5 Å². The maximum Gasteiger partial charge on any atom is 0.160 e. The summed E-state index contributed by atoms with van der Waals surface area (Å²) in [4.78, 5) is 17.2. The number of anilines is 2. The van der Waals surface area contributed by atoms with Gasteiger partial charge in [-0.3, -0.25) is 0 Å². The summed E-state index contributed by atoms with van der Waals surface area (Å²) in [6.45, 7) is 8.00. The minimum atomic E-state index is 0.393. The number of nitrogens with one attached hydrogen (secondary N) is 1. The first-order valence-electron chi connectivity index (χ1n) is 10.9. The van der Waals surface area contributed by atoms with E-state index in [0.717, 1.165) is 33.7 Å². The van der Waals surface area contributed by atoms with E-state index in [2.05, 4.69) is 25.3 Å². The zero-order chi connectivity index (χ0) is 23.8. The second kappa shape index (κ2) is 11.2. The van der Waals surface area contributed by atoms with Crippen LogP contribution in [0.4, 0.5) is 11.5 Å².